The monoisotopic (exact) mass is 312 g/mol. The van der Waals surface area contributed by atoms with Gasteiger partial charge in [-0.2, -0.15) is 0 Å². The summed E-state index contributed by atoms with van der Waals surface area (Å²) in [6, 6.07) is 0. The number of rotatable bonds is 5. The van der Waals surface area contributed by atoms with Gasteiger partial charge in [-0.1, -0.05) is 6.08 Å². The number of aliphatic carboxylic acids is 1. The Bertz CT molecular complexity index is 463. The fraction of sp³-hybridized carbons (Fsp3) is 0.750. The molecule has 6 heteroatoms. The van der Waals surface area contributed by atoms with Gasteiger partial charge in [0.05, 0.1) is 5.92 Å². The van der Waals surface area contributed by atoms with Crippen LogP contribution in [0.25, 0.3) is 0 Å². The molecule has 2 heterocycles. The smallest absolute Gasteiger partial charge is 0.308 e. The maximum Gasteiger partial charge on any atom is 0.308 e. The fourth-order valence-electron chi connectivity index (χ4n) is 2.73. The van der Waals surface area contributed by atoms with Gasteiger partial charge in [0.15, 0.2) is 0 Å². The Morgan fingerprint density at radius 1 is 1.45 bits per heavy atom. The minimum atomic E-state index is -0.881. The average molecular weight is 312 g/mol. The van der Waals surface area contributed by atoms with Gasteiger partial charge in [0.25, 0.3) is 0 Å². The quantitative estimate of drug-likeness (QED) is 0.477. The number of hydrogen-bond acceptors (Lipinski definition) is 5. The van der Waals surface area contributed by atoms with Crippen molar-refractivity contribution in [1.82, 2.24) is 0 Å². The summed E-state index contributed by atoms with van der Waals surface area (Å²) in [4.78, 5) is 32.9. The molecule has 2 saturated heterocycles. The van der Waals surface area contributed by atoms with Crippen LogP contribution in [-0.4, -0.2) is 34.4 Å². The van der Waals surface area contributed by atoms with Crippen molar-refractivity contribution in [2.24, 2.45) is 5.92 Å². The third kappa shape index (κ3) is 4.08. The molecule has 0 aliphatic carbocycles. The first-order valence-corrected chi connectivity index (χ1v) is 7.70. The molecule has 0 unspecified atom stereocenters. The highest BCUT2D eigenvalue weighted by Crippen LogP contribution is 2.34. The maximum atomic E-state index is 11.2. The first-order chi connectivity index (χ1) is 10.2. The zero-order valence-corrected chi connectivity index (χ0v) is 13.3. The molecule has 0 bridgehead atoms. The first kappa shape index (κ1) is 17.0. The van der Waals surface area contributed by atoms with E-state index in [-0.39, 0.29) is 5.97 Å². The average Bonchev–Trinajstić information content (AvgIpc) is 2.78. The van der Waals surface area contributed by atoms with Crippen LogP contribution in [0.1, 0.15) is 52.9 Å². The van der Waals surface area contributed by atoms with E-state index in [1.165, 1.54) is 0 Å². The van der Waals surface area contributed by atoms with Crippen molar-refractivity contribution in [1.29, 1.82) is 0 Å². The highest BCUT2D eigenvalue weighted by atomic mass is 17.2. The summed E-state index contributed by atoms with van der Waals surface area (Å²) < 4.78 is 5.28. The molecule has 0 amide bonds. The maximum absolute atomic E-state index is 11.2. The Hall–Kier alpha value is -1.40. The molecule has 2 rings (SSSR count). The van der Waals surface area contributed by atoms with E-state index in [2.05, 4.69) is 0 Å². The minimum absolute atomic E-state index is 0.166. The summed E-state index contributed by atoms with van der Waals surface area (Å²) in [5.74, 6) is -1.63. The second-order valence-electron chi connectivity index (χ2n) is 6.73. The normalized spacial score (nSPS) is 37.2. The number of esters is 1. The molecule has 2 aliphatic heterocycles. The lowest BCUT2D eigenvalue weighted by Gasteiger charge is -2.36. The van der Waals surface area contributed by atoms with Crippen molar-refractivity contribution in [2.75, 3.05) is 0 Å². The zero-order valence-electron chi connectivity index (χ0n) is 13.3. The van der Waals surface area contributed by atoms with Gasteiger partial charge < -0.3 is 9.84 Å². The van der Waals surface area contributed by atoms with Gasteiger partial charge >= 0.3 is 11.9 Å². The summed E-state index contributed by atoms with van der Waals surface area (Å²) >= 11 is 0. The predicted octanol–water partition coefficient (Wildman–Crippen LogP) is 2.62. The fourth-order valence-corrected chi connectivity index (χ4v) is 2.73. The zero-order chi connectivity index (χ0) is 16.4. The van der Waals surface area contributed by atoms with Crippen LogP contribution in [0, 0.1) is 5.92 Å². The van der Waals surface area contributed by atoms with E-state index < -0.39 is 29.2 Å². The summed E-state index contributed by atoms with van der Waals surface area (Å²) in [5, 5.41) is 8.99. The second-order valence-corrected chi connectivity index (χ2v) is 6.73. The Labute approximate surface area is 130 Å². The molecule has 0 saturated carbocycles. The van der Waals surface area contributed by atoms with E-state index in [9.17, 15) is 9.59 Å². The Morgan fingerprint density at radius 2 is 2.18 bits per heavy atom. The Kier molecular flexibility index (Phi) is 4.92. The van der Waals surface area contributed by atoms with Crippen LogP contribution >= 0.6 is 0 Å². The second kappa shape index (κ2) is 6.38. The van der Waals surface area contributed by atoms with E-state index in [1.54, 1.807) is 6.92 Å². The highest BCUT2D eigenvalue weighted by Gasteiger charge is 2.38. The number of hydrogen-bond donors (Lipinski definition) is 1. The largest absolute Gasteiger partial charge is 0.481 e. The van der Waals surface area contributed by atoms with E-state index in [1.807, 2.05) is 26.0 Å². The van der Waals surface area contributed by atoms with Crippen molar-refractivity contribution in [3.63, 3.8) is 0 Å². The van der Waals surface area contributed by atoms with Crippen LogP contribution in [0.5, 0.6) is 0 Å². The number of carboxylic acids is 1. The molecule has 22 heavy (non-hydrogen) atoms. The van der Waals surface area contributed by atoms with Crippen LogP contribution in [0.15, 0.2) is 12.2 Å². The molecule has 0 aromatic carbocycles. The van der Waals surface area contributed by atoms with Crippen molar-refractivity contribution >= 4 is 11.9 Å². The lowest BCUT2D eigenvalue weighted by molar-refractivity contribution is -0.409. The van der Waals surface area contributed by atoms with Gasteiger partial charge in [-0.05, 0) is 46.1 Å². The van der Waals surface area contributed by atoms with Gasteiger partial charge in [0.2, 0.25) is 0 Å². The molecule has 124 valence electrons. The SMILES string of the molecule is C[C@@H](C(=O)O)[C@H]1CC[C@@](C)(C/C=C/[C@]2(C)CCC(=O)O2)OO1. The third-order valence-electron chi connectivity index (χ3n) is 4.47. The Balaban J connectivity index is 1.84. The van der Waals surface area contributed by atoms with Crippen LogP contribution in [0.4, 0.5) is 0 Å². The van der Waals surface area contributed by atoms with Crippen LogP contribution < -0.4 is 0 Å². The van der Waals surface area contributed by atoms with Gasteiger partial charge in [-0.25, -0.2) is 9.78 Å². The number of cyclic esters (lactones) is 1. The van der Waals surface area contributed by atoms with Crippen molar-refractivity contribution in [3.05, 3.63) is 12.2 Å². The lowest BCUT2D eigenvalue weighted by Crippen LogP contribution is -2.41. The molecule has 4 atom stereocenters. The van der Waals surface area contributed by atoms with Crippen LogP contribution in [-0.2, 0) is 24.1 Å². The summed E-state index contributed by atoms with van der Waals surface area (Å²) in [7, 11) is 0. The standard InChI is InChI=1S/C16H24O6/c1-11(14(18)19)12-5-9-16(3,22-21-12)8-4-7-15(2)10-6-13(17)20-15/h4,7,11-12H,5-6,8-10H2,1-3H3,(H,18,19)/b7-4+/t11-,12-,15-,16-/m1/s1. The molecule has 0 aromatic heterocycles. The molecule has 2 fully saturated rings. The van der Waals surface area contributed by atoms with Gasteiger partial charge in [0, 0.05) is 12.8 Å². The molecule has 0 aromatic rings. The van der Waals surface area contributed by atoms with E-state index in [0.29, 0.717) is 25.7 Å². The van der Waals surface area contributed by atoms with Gasteiger partial charge in [-0.15, -0.1) is 0 Å². The molecular formula is C16H24O6. The number of carbonyl (C=O) groups excluding carboxylic acids is 1. The topological polar surface area (TPSA) is 82.1 Å². The molecule has 0 radical (unpaired) electrons. The van der Waals surface area contributed by atoms with Crippen molar-refractivity contribution in [3.8, 4) is 0 Å². The minimum Gasteiger partial charge on any atom is -0.481 e. The summed E-state index contributed by atoms with van der Waals surface area (Å²) in [6.07, 6.45) is 6.56. The molecule has 2 aliphatic rings. The number of carbonyl (C=O) groups is 2. The first-order valence-electron chi connectivity index (χ1n) is 7.70. The van der Waals surface area contributed by atoms with E-state index >= 15 is 0 Å². The molecule has 0 spiro atoms. The predicted molar refractivity (Wildman–Crippen MR) is 77.9 cm³/mol. The van der Waals surface area contributed by atoms with Crippen molar-refractivity contribution in [2.45, 2.75) is 70.2 Å². The lowest BCUT2D eigenvalue weighted by atomic mass is 9.89. The number of carboxylic acid groups (broad SMARTS) is 1. The third-order valence-corrected chi connectivity index (χ3v) is 4.47. The number of ether oxygens (including phenoxy) is 1. The van der Waals surface area contributed by atoms with Gasteiger partial charge in [-0.3, -0.25) is 9.59 Å². The van der Waals surface area contributed by atoms with Crippen LogP contribution in [0.2, 0.25) is 0 Å². The Morgan fingerprint density at radius 3 is 2.68 bits per heavy atom. The summed E-state index contributed by atoms with van der Waals surface area (Å²) in [5.41, 5.74) is -1.01. The van der Waals surface area contributed by atoms with Crippen molar-refractivity contribution < 1.29 is 29.2 Å². The molecule has 6 nitrogen and oxygen atoms in total. The van der Waals surface area contributed by atoms with E-state index in [0.717, 1.165) is 6.42 Å². The molecular weight excluding hydrogens is 288 g/mol. The van der Waals surface area contributed by atoms with Crippen LogP contribution in [0.3, 0.4) is 0 Å². The molecule has 1 N–H and O–H groups in total. The summed E-state index contributed by atoms with van der Waals surface area (Å²) in [6.45, 7) is 5.44. The van der Waals surface area contributed by atoms with E-state index in [4.69, 9.17) is 19.6 Å². The highest BCUT2D eigenvalue weighted by molar-refractivity contribution is 5.72. The van der Waals surface area contributed by atoms with Gasteiger partial charge in [0.1, 0.15) is 17.3 Å².